The summed E-state index contributed by atoms with van der Waals surface area (Å²) in [5.74, 6) is 0.0991. The Kier molecular flexibility index (Phi) is 4.97. The van der Waals surface area contributed by atoms with Crippen LogP contribution in [0.25, 0.3) is 0 Å². The Balaban J connectivity index is 1.91. The van der Waals surface area contributed by atoms with Gasteiger partial charge in [0.1, 0.15) is 0 Å². The van der Waals surface area contributed by atoms with Crippen LogP contribution in [-0.2, 0) is 11.2 Å². The van der Waals surface area contributed by atoms with E-state index in [0.29, 0.717) is 12.6 Å². The summed E-state index contributed by atoms with van der Waals surface area (Å²) in [5, 5.41) is 6.39. The number of aryl methyl sites for hydroxylation is 1. The summed E-state index contributed by atoms with van der Waals surface area (Å²) in [4.78, 5) is 12.0. The third-order valence-electron chi connectivity index (χ3n) is 3.93. The number of hydrogen-bond donors (Lipinski definition) is 2. The molecule has 0 aliphatic heterocycles. The van der Waals surface area contributed by atoms with Gasteiger partial charge in [-0.1, -0.05) is 31.2 Å². The maximum atomic E-state index is 12.0. The van der Waals surface area contributed by atoms with Gasteiger partial charge in [0.25, 0.3) is 0 Å². The highest BCUT2D eigenvalue weighted by Gasteiger charge is 2.21. The number of nitrogens with one attached hydrogen (secondary N) is 2. The SMILES string of the molecule is CCC(C)NCC(=O)NC1CCCc2ccccc21. The van der Waals surface area contributed by atoms with Gasteiger partial charge in [-0.2, -0.15) is 0 Å². The monoisotopic (exact) mass is 260 g/mol. The Morgan fingerprint density at radius 2 is 2.21 bits per heavy atom. The lowest BCUT2D eigenvalue weighted by Gasteiger charge is -2.26. The van der Waals surface area contributed by atoms with Gasteiger partial charge in [-0.05, 0) is 43.7 Å². The fraction of sp³-hybridized carbons (Fsp3) is 0.562. The molecule has 0 spiro atoms. The normalized spacial score (nSPS) is 19.6. The molecule has 0 heterocycles. The van der Waals surface area contributed by atoms with E-state index in [4.69, 9.17) is 0 Å². The maximum absolute atomic E-state index is 12.0. The molecular weight excluding hydrogens is 236 g/mol. The highest BCUT2D eigenvalue weighted by molar-refractivity contribution is 5.78. The van der Waals surface area contributed by atoms with Gasteiger partial charge in [0.2, 0.25) is 5.91 Å². The molecule has 104 valence electrons. The first-order valence-corrected chi connectivity index (χ1v) is 7.31. The van der Waals surface area contributed by atoms with Crippen molar-refractivity contribution in [1.29, 1.82) is 0 Å². The Morgan fingerprint density at radius 1 is 1.42 bits per heavy atom. The first kappa shape index (κ1) is 14.1. The molecule has 1 aliphatic rings. The lowest BCUT2D eigenvalue weighted by molar-refractivity contribution is -0.121. The number of amides is 1. The van der Waals surface area contributed by atoms with Gasteiger partial charge in [0.05, 0.1) is 12.6 Å². The topological polar surface area (TPSA) is 41.1 Å². The van der Waals surface area contributed by atoms with E-state index in [1.54, 1.807) is 0 Å². The average Bonchev–Trinajstić information content (AvgIpc) is 2.45. The standard InChI is InChI=1S/C16H24N2O/c1-3-12(2)17-11-16(19)18-15-10-6-8-13-7-4-5-9-14(13)15/h4-5,7,9,12,15,17H,3,6,8,10-11H2,1-2H3,(H,18,19). The van der Waals surface area contributed by atoms with E-state index in [1.807, 2.05) is 0 Å². The second kappa shape index (κ2) is 6.71. The highest BCUT2D eigenvalue weighted by Crippen LogP contribution is 2.29. The molecule has 1 aliphatic carbocycles. The van der Waals surface area contributed by atoms with E-state index in [2.05, 4.69) is 48.7 Å². The van der Waals surface area contributed by atoms with Crippen molar-refractivity contribution in [2.24, 2.45) is 0 Å². The van der Waals surface area contributed by atoms with Crippen LogP contribution in [0, 0.1) is 0 Å². The molecule has 19 heavy (non-hydrogen) atoms. The predicted molar refractivity (Wildman–Crippen MR) is 78.0 cm³/mol. The first-order chi connectivity index (χ1) is 9.20. The van der Waals surface area contributed by atoms with Gasteiger partial charge in [-0.15, -0.1) is 0 Å². The summed E-state index contributed by atoms with van der Waals surface area (Å²) in [6, 6.07) is 9.03. The van der Waals surface area contributed by atoms with Crippen LogP contribution in [0.4, 0.5) is 0 Å². The largest absolute Gasteiger partial charge is 0.348 e. The van der Waals surface area contributed by atoms with Gasteiger partial charge in [0, 0.05) is 6.04 Å². The van der Waals surface area contributed by atoms with Gasteiger partial charge in [-0.25, -0.2) is 0 Å². The van der Waals surface area contributed by atoms with Crippen LogP contribution in [0.15, 0.2) is 24.3 Å². The number of carbonyl (C=O) groups excluding carboxylic acids is 1. The van der Waals surface area contributed by atoms with Crippen molar-refractivity contribution in [2.45, 2.75) is 51.6 Å². The van der Waals surface area contributed by atoms with Gasteiger partial charge >= 0.3 is 0 Å². The minimum Gasteiger partial charge on any atom is -0.348 e. The highest BCUT2D eigenvalue weighted by atomic mass is 16.1. The molecule has 1 aromatic rings. The number of fused-ring (bicyclic) bond motifs is 1. The van der Waals surface area contributed by atoms with Crippen LogP contribution in [0.3, 0.4) is 0 Å². The van der Waals surface area contributed by atoms with E-state index in [-0.39, 0.29) is 11.9 Å². The molecule has 2 unspecified atom stereocenters. The second-order valence-electron chi connectivity index (χ2n) is 5.40. The fourth-order valence-corrected chi connectivity index (χ4v) is 2.56. The molecule has 1 amide bonds. The van der Waals surface area contributed by atoms with Crippen LogP contribution in [0.5, 0.6) is 0 Å². The minimum absolute atomic E-state index is 0.0991. The molecule has 1 aromatic carbocycles. The van der Waals surface area contributed by atoms with E-state index < -0.39 is 0 Å². The molecule has 0 saturated carbocycles. The quantitative estimate of drug-likeness (QED) is 0.854. The van der Waals surface area contributed by atoms with E-state index >= 15 is 0 Å². The third kappa shape index (κ3) is 3.80. The molecule has 2 rings (SSSR count). The van der Waals surface area contributed by atoms with Crippen molar-refractivity contribution in [2.75, 3.05) is 6.54 Å². The molecule has 3 heteroatoms. The maximum Gasteiger partial charge on any atom is 0.234 e. The molecule has 2 N–H and O–H groups in total. The summed E-state index contributed by atoms with van der Waals surface area (Å²) in [6.45, 7) is 4.63. The Hall–Kier alpha value is -1.35. The lowest BCUT2D eigenvalue weighted by Crippen LogP contribution is -2.40. The van der Waals surface area contributed by atoms with Crippen molar-refractivity contribution in [1.82, 2.24) is 10.6 Å². The Morgan fingerprint density at radius 3 is 3.00 bits per heavy atom. The van der Waals surface area contributed by atoms with Crippen LogP contribution < -0.4 is 10.6 Å². The number of hydrogen-bond acceptors (Lipinski definition) is 2. The Bertz CT molecular complexity index is 431. The summed E-state index contributed by atoms with van der Waals surface area (Å²) >= 11 is 0. The third-order valence-corrected chi connectivity index (χ3v) is 3.93. The molecule has 0 fully saturated rings. The van der Waals surface area contributed by atoms with Crippen LogP contribution >= 0.6 is 0 Å². The second-order valence-corrected chi connectivity index (χ2v) is 5.40. The minimum atomic E-state index is 0.0991. The number of carbonyl (C=O) groups is 1. The number of benzene rings is 1. The first-order valence-electron chi connectivity index (χ1n) is 7.31. The average molecular weight is 260 g/mol. The van der Waals surface area contributed by atoms with Crippen molar-refractivity contribution in [3.05, 3.63) is 35.4 Å². The van der Waals surface area contributed by atoms with Gasteiger partial charge in [-0.3, -0.25) is 4.79 Å². The van der Waals surface area contributed by atoms with Gasteiger partial charge in [0.15, 0.2) is 0 Å². The molecule has 3 nitrogen and oxygen atoms in total. The molecule has 0 saturated heterocycles. The van der Waals surface area contributed by atoms with Crippen molar-refractivity contribution in [3.8, 4) is 0 Å². The summed E-state index contributed by atoms with van der Waals surface area (Å²) in [7, 11) is 0. The zero-order valence-corrected chi connectivity index (χ0v) is 11.9. The van der Waals surface area contributed by atoms with Crippen LogP contribution in [-0.4, -0.2) is 18.5 Å². The van der Waals surface area contributed by atoms with E-state index in [1.165, 1.54) is 11.1 Å². The van der Waals surface area contributed by atoms with E-state index in [0.717, 1.165) is 25.7 Å². The zero-order valence-electron chi connectivity index (χ0n) is 11.9. The zero-order chi connectivity index (χ0) is 13.7. The van der Waals surface area contributed by atoms with Crippen molar-refractivity contribution >= 4 is 5.91 Å². The molecule has 2 atom stereocenters. The van der Waals surface area contributed by atoms with Crippen LogP contribution in [0.2, 0.25) is 0 Å². The summed E-state index contributed by atoms with van der Waals surface area (Å²) < 4.78 is 0. The molecule has 0 aromatic heterocycles. The van der Waals surface area contributed by atoms with Crippen molar-refractivity contribution < 1.29 is 4.79 Å². The Labute approximate surface area is 115 Å². The smallest absolute Gasteiger partial charge is 0.234 e. The lowest BCUT2D eigenvalue weighted by atomic mass is 9.88. The molecule has 0 bridgehead atoms. The van der Waals surface area contributed by atoms with E-state index in [9.17, 15) is 4.79 Å². The van der Waals surface area contributed by atoms with Crippen molar-refractivity contribution in [3.63, 3.8) is 0 Å². The molecular formula is C16H24N2O. The predicted octanol–water partition coefficient (Wildman–Crippen LogP) is 2.57. The fourth-order valence-electron chi connectivity index (χ4n) is 2.56. The summed E-state index contributed by atoms with van der Waals surface area (Å²) in [5.41, 5.74) is 2.68. The molecule has 0 radical (unpaired) electrons. The number of rotatable bonds is 5. The summed E-state index contributed by atoms with van der Waals surface area (Å²) in [6.07, 6.45) is 4.38. The van der Waals surface area contributed by atoms with Crippen LogP contribution in [0.1, 0.15) is 50.3 Å². The van der Waals surface area contributed by atoms with Gasteiger partial charge < -0.3 is 10.6 Å².